The third-order valence-corrected chi connectivity index (χ3v) is 4.54. The molecule has 2 aliphatic rings. The molecule has 2 atom stereocenters. The van der Waals surface area contributed by atoms with Crippen LogP contribution in [-0.4, -0.2) is 23.4 Å². The monoisotopic (exact) mass is 272 g/mol. The van der Waals surface area contributed by atoms with Crippen molar-refractivity contribution in [1.29, 1.82) is 0 Å². The second-order valence-corrected chi connectivity index (χ2v) is 6.18. The zero-order chi connectivity index (χ0) is 14.1. The number of carbonyl (C=O) groups excluding carboxylic acids is 1. The smallest absolute Gasteiger partial charge is 0.223 e. The van der Waals surface area contributed by atoms with Crippen LogP contribution in [0, 0.1) is 0 Å². The Kier molecular flexibility index (Phi) is 3.79. The van der Waals surface area contributed by atoms with E-state index in [1.807, 2.05) is 4.90 Å². The van der Waals surface area contributed by atoms with E-state index in [4.69, 9.17) is 5.73 Å². The fourth-order valence-electron chi connectivity index (χ4n) is 3.29. The molecule has 0 aromatic heterocycles. The molecule has 1 amide bonds. The average molecular weight is 272 g/mol. The summed E-state index contributed by atoms with van der Waals surface area (Å²) in [7, 11) is 0. The van der Waals surface area contributed by atoms with Crippen molar-refractivity contribution in [2.45, 2.75) is 57.0 Å². The topological polar surface area (TPSA) is 46.3 Å². The number of hydrogen-bond acceptors (Lipinski definition) is 2. The summed E-state index contributed by atoms with van der Waals surface area (Å²) in [5, 5.41) is 0. The molecule has 1 aromatic rings. The molecule has 2 unspecified atom stereocenters. The standard InChI is InChI=1S/C17H24N2O/c1-2-11-19-16(20)10-9-15(18)17(19)14-7-5-13(6-8-14)12-3-4-12/h5-8,12,15,17H,2-4,9-11,18H2,1H3. The van der Waals surface area contributed by atoms with Crippen molar-refractivity contribution in [3.05, 3.63) is 35.4 Å². The summed E-state index contributed by atoms with van der Waals surface area (Å²) in [6, 6.07) is 8.93. The predicted octanol–water partition coefficient (Wildman–Crippen LogP) is 2.96. The van der Waals surface area contributed by atoms with Gasteiger partial charge in [-0.25, -0.2) is 0 Å². The van der Waals surface area contributed by atoms with Gasteiger partial charge in [-0.1, -0.05) is 31.2 Å². The van der Waals surface area contributed by atoms with E-state index in [0.29, 0.717) is 6.42 Å². The van der Waals surface area contributed by atoms with Crippen molar-refractivity contribution in [1.82, 2.24) is 4.90 Å². The highest BCUT2D eigenvalue weighted by Gasteiger charge is 2.34. The van der Waals surface area contributed by atoms with Crippen molar-refractivity contribution < 1.29 is 4.79 Å². The molecule has 1 saturated heterocycles. The van der Waals surface area contributed by atoms with Crippen LogP contribution in [-0.2, 0) is 4.79 Å². The number of nitrogens with zero attached hydrogens (tertiary/aromatic N) is 1. The van der Waals surface area contributed by atoms with Gasteiger partial charge in [0.25, 0.3) is 0 Å². The van der Waals surface area contributed by atoms with E-state index >= 15 is 0 Å². The number of rotatable bonds is 4. The lowest BCUT2D eigenvalue weighted by Gasteiger charge is -2.40. The molecule has 0 bridgehead atoms. The van der Waals surface area contributed by atoms with Gasteiger partial charge in [0, 0.05) is 19.0 Å². The number of carbonyl (C=O) groups is 1. The minimum atomic E-state index is 0.0597. The molecule has 2 fully saturated rings. The van der Waals surface area contributed by atoms with Gasteiger partial charge >= 0.3 is 0 Å². The summed E-state index contributed by atoms with van der Waals surface area (Å²) in [6.45, 7) is 2.92. The number of piperidine rings is 1. The molecule has 1 saturated carbocycles. The maximum absolute atomic E-state index is 12.2. The first-order chi connectivity index (χ1) is 9.70. The Morgan fingerprint density at radius 2 is 1.80 bits per heavy atom. The summed E-state index contributed by atoms with van der Waals surface area (Å²) in [5.74, 6) is 1.03. The van der Waals surface area contributed by atoms with Crippen LogP contribution in [0.5, 0.6) is 0 Å². The normalized spacial score (nSPS) is 26.9. The Balaban J connectivity index is 1.85. The van der Waals surface area contributed by atoms with Gasteiger partial charge in [0.1, 0.15) is 0 Å². The Morgan fingerprint density at radius 1 is 1.15 bits per heavy atom. The van der Waals surface area contributed by atoms with Gasteiger partial charge in [-0.05, 0) is 42.7 Å². The third-order valence-electron chi connectivity index (χ3n) is 4.54. The first-order valence-electron chi connectivity index (χ1n) is 7.85. The van der Waals surface area contributed by atoms with Gasteiger partial charge in [-0.2, -0.15) is 0 Å². The second-order valence-electron chi connectivity index (χ2n) is 6.18. The lowest BCUT2D eigenvalue weighted by Crippen LogP contribution is -2.49. The highest BCUT2D eigenvalue weighted by atomic mass is 16.2. The van der Waals surface area contributed by atoms with Gasteiger partial charge in [0.2, 0.25) is 5.91 Å². The lowest BCUT2D eigenvalue weighted by atomic mass is 9.89. The van der Waals surface area contributed by atoms with E-state index in [1.165, 1.54) is 24.0 Å². The van der Waals surface area contributed by atoms with Gasteiger partial charge < -0.3 is 10.6 Å². The molecule has 0 radical (unpaired) electrons. The van der Waals surface area contributed by atoms with Crippen LogP contribution in [0.4, 0.5) is 0 Å². The maximum atomic E-state index is 12.2. The second kappa shape index (κ2) is 5.57. The number of amides is 1. The molecule has 108 valence electrons. The Morgan fingerprint density at radius 3 is 2.40 bits per heavy atom. The molecular formula is C17H24N2O. The first-order valence-corrected chi connectivity index (χ1v) is 7.85. The van der Waals surface area contributed by atoms with E-state index in [2.05, 4.69) is 31.2 Å². The number of likely N-dealkylation sites (tertiary alicyclic amines) is 1. The summed E-state index contributed by atoms with van der Waals surface area (Å²) in [4.78, 5) is 14.2. The minimum Gasteiger partial charge on any atom is -0.334 e. The fraction of sp³-hybridized carbons (Fsp3) is 0.588. The summed E-state index contributed by atoms with van der Waals surface area (Å²) >= 11 is 0. The van der Waals surface area contributed by atoms with Crippen molar-refractivity contribution in [3.8, 4) is 0 Å². The van der Waals surface area contributed by atoms with E-state index < -0.39 is 0 Å². The zero-order valence-electron chi connectivity index (χ0n) is 12.2. The molecule has 20 heavy (non-hydrogen) atoms. The largest absolute Gasteiger partial charge is 0.334 e. The van der Waals surface area contributed by atoms with E-state index in [-0.39, 0.29) is 18.0 Å². The minimum absolute atomic E-state index is 0.0597. The number of nitrogens with two attached hydrogens (primary N) is 1. The highest BCUT2D eigenvalue weighted by Crippen LogP contribution is 2.40. The lowest BCUT2D eigenvalue weighted by molar-refractivity contribution is -0.137. The van der Waals surface area contributed by atoms with E-state index in [0.717, 1.165) is 25.3 Å². The van der Waals surface area contributed by atoms with Crippen LogP contribution in [0.3, 0.4) is 0 Å². The molecule has 1 aliphatic heterocycles. The van der Waals surface area contributed by atoms with Crippen LogP contribution in [0.2, 0.25) is 0 Å². The summed E-state index contributed by atoms with van der Waals surface area (Å²) < 4.78 is 0. The van der Waals surface area contributed by atoms with Crippen molar-refractivity contribution >= 4 is 5.91 Å². The van der Waals surface area contributed by atoms with E-state index in [1.54, 1.807) is 0 Å². The Bertz CT molecular complexity index is 478. The molecule has 1 heterocycles. The van der Waals surface area contributed by atoms with Crippen molar-refractivity contribution in [3.63, 3.8) is 0 Å². The molecule has 3 rings (SSSR count). The van der Waals surface area contributed by atoms with Crippen LogP contribution in [0.1, 0.15) is 62.1 Å². The van der Waals surface area contributed by atoms with Gasteiger partial charge in [-0.15, -0.1) is 0 Å². The SMILES string of the molecule is CCCN1C(=O)CCC(N)C1c1ccc(C2CC2)cc1. The fourth-order valence-corrected chi connectivity index (χ4v) is 3.29. The van der Waals surface area contributed by atoms with Crippen LogP contribution in [0.15, 0.2) is 24.3 Å². The Hall–Kier alpha value is -1.35. The number of benzene rings is 1. The first kappa shape index (κ1) is 13.6. The quantitative estimate of drug-likeness (QED) is 0.916. The molecule has 1 aromatic carbocycles. The number of hydrogen-bond donors (Lipinski definition) is 1. The molecule has 3 nitrogen and oxygen atoms in total. The maximum Gasteiger partial charge on any atom is 0.223 e. The van der Waals surface area contributed by atoms with Crippen LogP contribution >= 0.6 is 0 Å². The van der Waals surface area contributed by atoms with E-state index in [9.17, 15) is 4.79 Å². The molecule has 0 spiro atoms. The van der Waals surface area contributed by atoms with Gasteiger partial charge in [0.05, 0.1) is 6.04 Å². The summed E-state index contributed by atoms with van der Waals surface area (Å²) in [6.07, 6.45) is 5.02. The van der Waals surface area contributed by atoms with Crippen molar-refractivity contribution in [2.75, 3.05) is 6.54 Å². The zero-order valence-corrected chi connectivity index (χ0v) is 12.2. The summed E-state index contributed by atoms with van der Waals surface area (Å²) in [5.41, 5.74) is 8.94. The van der Waals surface area contributed by atoms with Gasteiger partial charge in [0.15, 0.2) is 0 Å². The third kappa shape index (κ3) is 2.59. The van der Waals surface area contributed by atoms with Gasteiger partial charge in [-0.3, -0.25) is 4.79 Å². The Labute approximate surface area is 121 Å². The molecule has 2 N–H and O–H groups in total. The molecule has 3 heteroatoms. The molecule has 1 aliphatic carbocycles. The highest BCUT2D eigenvalue weighted by molar-refractivity contribution is 5.78. The molecular weight excluding hydrogens is 248 g/mol. The average Bonchev–Trinajstić information content (AvgIpc) is 3.28. The van der Waals surface area contributed by atoms with Crippen LogP contribution < -0.4 is 5.73 Å². The van der Waals surface area contributed by atoms with Crippen LogP contribution in [0.25, 0.3) is 0 Å². The predicted molar refractivity (Wildman–Crippen MR) is 80.4 cm³/mol. The van der Waals surface area contributed by atoms with Crippen molar-refractivity contribution in [2.24, 2.45) is 5.73 Å².